The molecule has 8 heteroatoms. The van der Waals surface area contributed by atoms with Gasteiger partial charge >= 0.3 is 5.97 Å². The molecule has 0 spiro atoms. The van der Waals surface area contributed by atoms with Crippen LogP contribution in [0.1, 0.15) is 26.4 Å². The number of carboxylic acid groups (broad SMARTS) is 1. The Bertz CT molecular complexity index is 1060. The molecule has 1 aromatic carbocycles. The van der Waals surface area contributed by atoms with Crippen LogP contribution >= 0.6 is 0 Å². The maximum absolute atomic E-state index is 11.4. The molecule has 0 radical (unpaired) electrons. The molecule has 2 heterocycles. The number of fused-ring (bicyclic) bond motifs is 1. The van der Waals surface area contributed by atoms with E-state index >= 15 is 0 Å². The number of aldehydes is 1. The molecule has 0 fully saturated rings. The highest BCUT2D eigenvalue weighted by molar-refractivity contribution is 5.97. The number of carboxylic acids is 1. The Balaban J connectivity index is 1.93. The Morgan fingerprint density at radius 1 is 1.24 bits per heavy atom. The highest BCUT2D eigenvalue weighted by Gasteiger charge is 2.08. The number of hydrazone groups is 1. The minimum atomic E-state index is -1.08. The monoisotopic (exact) mass is 336 g/mol. The van der Waals surface area contributed by atoms with Gasteiger partial charge in [-0.2, -0.15) is 5.10 Å². The summed E-state index contributed by atoms with van der Waals surface area (Å²) < 4.78 is 0. The Hall–Kier alpha value is -3.81. The molecule has 0 saturated carbocycles. The van der Waals surface area contributed by atoms with Crippen LogP contribution in [-0.4, -0.2) is 33.5 Å². The average Bonchev–Trinajstić information content (AvgIpc) is 2.61. The molecule has 3 rings (SSSR count). The fraction of sp³-hybridized carbons (Fsp3) is 0. The van der Waals surface area contributed by atoms with Crippen molar-refractivity contribution in [1.82, 2.24) is 9.97 Å². The van der Waals surface area contributed by atoms with Gasteiger partial charge in [0.1, 0.15) is 5.65 Å². The Labute approximate surface area is 140 Å². The highest BCUT2D eigenvalue weighted by Crippen LogP contribution is 2.15. The molecule has 0 aliphatic heterocycles. The lowest BCUT2D eigenvalue weighted by atomic mass is 10.1. The molecule has 0 unspecified atom stereocenters. The van der Waals surface area contributed by atoms with Crippen LogP contribution in [0.15, 0.2) is 52.4 Å². The molecule has 25 heavy (non-hydrogen) atoms. The van der Waals surface area contributed by atoms with Crippen molar-refractivity contribution in [2.75, 3.05) is 5.43 Å². The SMILES string of the molecule is O=Cc1cc(C=NNc2ccccc2C(=O)O)nc2[nH]c(=O)ccc12. The maximum Gasteiger partial charge on any atom is 0.337 e. The van der Waals surface area contributed by atoms with Crippen LogP contribution in [-0.2, 0) is 0 Å². The number of hydrogen-bond donors (Lipinski definition) is 3. The van der Waals surface area contributed by atoms with Gasteiger partial charge in [0.2, 0.25) is 5.56 Å². The minimum absolute atomic E-state index is 0.0732. The molecule has 3 aromatic rings. The molecule has 3 N–H and O–H groups in total. The Kier molecular flexibility index (Phi) is 4.34. The number of pyridine rings is 2. The lowest BCUT2D eigenvalue weighted by molar-refractivity contribution is 0.0697. The summed E-state index contributed by atoms with van der Waals surface area (Å²) in [4.78, 5) is 40.5. The van der Waals surface area contributed by atoms with Crippen molar-refractivity contribution in [2.45, 2.75) is 0 Å². The van der Waals surface area contributed by atoms with Gasteiger partial charge in [0, 0.05) is 17.0 Å². The number of aromatic amines is 1. The van der Waals surface area contributed by atoms with Crippen LogP contribution in [0.25, 0.3) is 11.0 Å². The minimum Gasteiger partial charge on any atom is -0.478 e. The second-order valence-corrected chi connectivity index (χ2v) is 5.06. The van der Waals surface area contributed by atoms with Crippen LogP contribution in [0.4, 0.5) is 5.69 Å². The Morgan fingerprint density at radius 2 is 2.04 bits per heavy atom. The molecule has 124 valence electrons. The number of rotatable bonds is 5. The van der Waals surface area contributed by atoms with Gasteiger partial charge in [-0.15, -0.1) is 0 Å². The molecular weight excluding hydrogens is 324 g/mol. The predicted molar refractivity (Wildman–Crippen MR) is 92.4 cm³/mol. The van der Waals surface area contributed by atoms with E-state index in [4.69, 9.17) is 5.11 Å². The zero-order valence-corrected chi connectivity index (χ0v) is 12.8. The van der Waals surface area contributed by atoms with Crippen LogP contribution < -0.4 is 11.0 Å². The molecule has 0 bridgehead atoms. The molecule has 0 atom stereocenters. The molecule has 0 aliphatic carbocycles. The molecular formula is C17H12N4O4. The normalized spacial score (nSPS) is 10.9. The van der Waals surface area contributed by atoms with E-state index in [1.165, 1.54) is 30.5 Å². The number of nitrogens with zero attached hydrogens (tertiary/aromatic N) is 2. The zero-order chi connectivity index (χ0) is 17.8. The van der Waals surface area contributed by atoms with Gasteiger partial charge in [-0.25, -0.2) is 9.78 Å². The number of aromatic nitrogens is 2. The van der Waals surface area contributed by atoms with E-state index in [2.05, 4.69) is 20.5 Å². The van der Waals surface area contributed by atoms with Gasteiger partial charge in [-0.3, -0.25) is 15.0 Å². The van der Waals surface area contributed by atoms with Crippen molar-refractivity contribution in [3.05, 3.63) is 69.6 Å². The van der Waals surface area contributed by atoms with E-state index in [-0.39, 0.29) is 16.8 Å². The summed E-state index contributed by atoms with van der Waals surface area (Å²) >= 11 is 0. The standard InChI is InChI=1S/C17H12N4O4/c22-9-10-7-11(19-16-12(10)5-6-15(23)20-16)8-18-21-14-4-2-1-3-13(14)17(24)25/h1-9,21H,(H,24,25)(H,19,20,23). The van der Waals surface area contributed by atoms with E-state index in [1.54, 1.807) is 18.2 Å². The highest BCUT2D eigenvalue weighted by atomic mass is 16.4. The first-order valence-electron chi connectivity index (χ1n) is 7.19. The topological polar surface area (TPSA) is 125 Å². The maximum atomic E-state index is 11.4. The van der Waals surface area contributed by atoms with Crippen LogP contribution in [0, 0.1) is 0 Å². The molecule has 2 aromatic heterocycles. The summed E-state index contributed by atoms with van der Waals surface area (Å²) in [5.74, 6) is -1.08. The third-order valence-corrected chi connectivity index (χ3v) is 3.42. The van der Waals surface area contributed by atoms with Gasteiger partial charge < -0.3 is 10.1 Å². The average molecular weight is 336 g/mol. The van der Waals surface area contributed by atoms with Crippen LogP contribution in [0.2, 0.25) is 0 Å². The second kappa shape index (κ2) is 6.75. The van der Waals surface area contributed by atoms with E-state index in [9.17, 15) is 14.4 Å². The second-order valence-electron chi connectivity index (χ2n) is 5.06. The van der Waals surface area contributed by atoms with E-state index in [0.717, 1.165) is 0 Å². The number of anilines is 1. The smallest absolute Gasteiger partial charge is 0.337 e. The lowest BCUT2D eigenvalue weighted by Crippen LogP contribution is -2.06. The third-order valence-electron chi connectivity index (χ3n) is 3.42. The summed E-state index contributed by atoms with van der Waals surface area (Å²) in [6.07, 6.45) is 1.99. The number of para-hydroxylation sites is 1. The number of hydrogen-bond acceptors (Lipinski definition) is 6. The van der Waals surface area contributed by atoms with Crippen molar-refractivity contribution >= 4 is 35.2 Å². The van der Waals surface area contributed by atoms with Crippen molar-refractivity contribution in [2.24, 2.45) is 5.10 Å². The number of carbonyl (C=O) groups excluding carboxylic acids is 1. The summed E-state index contributed by atoms with van der Waals surface area (Å²) in [5.41, 5.74) is 3.64. The lowest BCUT2D eigenvalue weighted by Gasteiger charge is -2.05. The number of H-pyrrole nitrogens is 1. The van der Waals surface area contributed by atoms with E-state index < -0.39 is 5.97 Å². The molecule has 0 saturated heterocycles. The zero-order valence-electron chi connectivity index (χ0n) is 12.8. The summed E-state index contributed by atoms with van der Waals surface area (Å²) in [6.45, 7) is 0. The predicted octanol–water partition coefficient (Wildman–Crippen LogP) is 1.88. The van der Waals surface area contributed by atoms with Gasteiger partial charge in [0.15, 0.2) is 6.29 Å². The molecule has 0 aliphatic rings. The number of aromatic carboxylic acids is 1. The Morgan fingerprint density at radius 3 is 2.80 bits per heavy atom. The first-order valence-corrected chi connectivity index (χ1v) is 7.19. The van der Waals surface area contributed by atoms with Gasteiger partial charge in [0.25, 0.3) is 0 Å². The molecule has 8 nitrogen and oxygen atoms in total. The van der Waals surface area contributed by atoms with Crippen LogP contribution in [0.5, 0.6) is 0 Å². The number of carbonyl (C=O) groups is 2. The quantitative estimate of drug-likeness (QED) is 0.371. The number of benzene rings is 1. The van der Waals surface area contributed by atoms with Gasteiger partial charge in [-0.1, -0.05) is 12.1 Å². The fourth-order valence-corrected chi connectivity index (χ4v) is 2.28. The van der Waals surface area contributed by atoms with Crippen LogP contribution in [0.3, 0.4) is 0 Å². The van der Waals surface area contributed by atoms with Crippen molar-refractivity contribution in [3.63, 3.8) is 0 Å². The van der Waals surface area contributed by atoms with Gasteiger partial charge in [-0.05, 0) is 24.3 Å². The van der Waals surface area contributed by atoms with E-state index in [0.29, 0.717) is 28.6 Å². The van der Waals surface area contributed by atoms with Crippen molar-refractivity contribution in [3.8, 4) is 0 Å². The van der Waals surface area contributed by atoms with Gasteiger partial charge in [0.05, 0.1) is 23.2 Å². The molecule has 0 amide bonds. The summed E-state index contributed by atoms with van der Waals surface area (Å²) in [6, 6.07) is 10.7. The fourth-order valence-electron chi connectivity index (χ4n) is 2.28. The summed E-state index contributed by atoms with van der Waals surface area (Å²) in [5, 5.41) is 13.6. The van der Waals surface area contributed by atoms with Crippen molar-refractivity contribution < 1.29 is 14.7 Å². The largest absolute Gasteiger partial charge is 0.478 e. The summed E-state index contributed by atoms with van der Waals surface area (Å²) in [7, 11) is 0. The third kappa shape index (κ3) is 3.42. The van der Waals surface area contributed by atoms with E-state index in [1.807, 2.05) is 0 Å². The first kappa shape index (κ1) is 16.1. The van der Waals surface area contributed by atoms with Crippen molar-refractivity contribution in [1.29, 1.82) is 0 Å². The first-order chi connectivity index (χ1) is 12.1. The number of nitrogens with one attached hydrogen (secondary N) is 2.